The van der Waals surface area contributed by atoms with Gasteiger partial charge in [0.05, 0.1) is 12.0 Å². The highest BCUT2D eigenvalue weighted by molar-refractivity contribution is 6.21. The van der Waals surface area contributed by atoms with Crippen LogP contribution in [-0.2, 0) is 6.42 Å². The summed E-state index contributed by atoms with van der Waals surface area (Å²) in [5.41, 5.74) is 2.96. The molecule has 0 spiro atoms. The van der Waals surface area contributed by atoms with Gasteiger partial charge in [0.15, 0.2) is 0 Å². The number of aryl methyl sites for hydroxylation is 1. The second kappa shape index (κ2) is 6.20. The fourth-order valence-electron chi connectivity index (χ4n) is 4.34. The first-order valence-electron chi connectivity index (χ1n) is 8.50. The van der Waals surface area contributed by atoms with E-state index in [1.54, 1.807) is 0 Å². The molecule has 2 heteroatoms. The monoisotopic (exact) mass is 306 g/mol. The highest BCUT2D eigenvalue weighted by atomic mass is 35.5. The zero-order valence-corrected chi connectivity index (χ0v) is 14.1. The van der Waals surface area contributed by atoms with Crippen molar-refractivity contribution in [2.24, 2.45) is 11.3 Å². The molecule has 1 aromatic rings. The molecule has 0 N–H and O–H groups in total. The fraction of sp³-hybridized carbons (Fsp3) is 0.684. The molecule has 21 heavy (non-hydrogen) atoms. The summed E-state index contributed by atoms with van der Waals surface area (Å²) in [4.78, 5) is 0. The quantitative estimate of drug-likeness (QED) is 0.629. The summed E-state index contributed by atoms with van der Waals surface area (Å²) < 4.78 is 5.73. The predicted octanol–water partition coefficient (Wildman–Crippen LogP) is 5.90. The zero-order valence-electron chi connectivity index (χ0n) is 13.3. The van der Waals surface area contributed by atoms with Crippen LogP contribution in [0, 0.1) is 11.3 Å². The van der Waals surface area contributed by atoms with Gasteiger partial charge >= 0.3 is 0 Å². The van der Waals surface area contributed by atoms with Crippen LogP contribution in [0.5, 0.6) is 5.75 Å². The van der Waals surface area contributed by atoms with E-state index < -0.39 is 0 Å². The number of hydrogen-bond donors (Lipinski definition) is 0. The van der Waals surface area contributed by atoms with E-state index in [0.717, 1.165) is 25.2 Å². The predicted molar refractivity (Wildman–Crippen MR) is 89.2 cm³/mol. The molecule has 2 aliphatic rings. The Bertz CT molecular complexity index is 488. The van der Waals surface area contributed by atoms with Gasteiger partial charge in [0.25, 0.3) is 0 Å². The number of benzene rings is 1. The Kier molecular flexibility index (Phi) is 4.49. The smallest absolute Gasteiger partial charge is 0.122 e. The standard InChI is InChI=1S/C19H27ClO/c1-14(2)13-19(9-3-4-10-19)18(20)16-7-8-17-15(12-16)6-5-11-21-17/h7-8,12,14,18H,3-6,9-11,13H2,1-2H3. The van der Waals surface area contributed by atoms with E-state index in [1.165, 1.54) is 43.2 Å². The van der Waals surface area contributed by atoms with Crippen LogP contribution < -0.4 is 4.74 Å². The number of alkyl halides is 1. The highest BCUT2D eigenvalue weighted by Crippen LogP contribution is 2.54. The van der Waals surface area contributed by atoms with Crippen LogP contribution >= 0.6 is 11.6 Å². The van der Waals surface area contributed by atoms with Gasteiger partial charge in [0, 0.05) is 0 Å². The summed E-state index contributed by atoms with van der Waals surface area (Å²) in [6.07, 6.45) is 8.74. The van der Waals surface area contributed by atoms with Crippen LogP contribution in [0.2, 0.25) is 0 Å². The summed E-state index contributed by atoms with van der Waals surface area (Å²) in [6.45, 7) is 5.50. The Labute approximate surface area is 134 Å². The van der Waals surface area contributed by atoms with Gasteiger partial charge in [-0.25, -0.2) is 0 Å². The van der Waals surface area contributed by atoms with Gasteiger partial charge in [-0.05, 0) is 60.6 Å². The van der Waals surface area contributed by atoms with E-state index in [2.05, 4.69) is 32.0 Å². The van der Waals surface area contributed by atoms with Gasteiger partial charge in [-0.2, -0.15) is 0 Å². The normalized spacial score (nSPS) is 21.9. The van der Waals surface area contributed by atoms with E-state index in [1.807, 2.05) is 0 Å². The maximum Gasteiger partial charge on any atom is 0.122 e. The molecule has 0 radical (unpaired) electrons. The first kappa shape index (κ1) is 15.2. The molecule has 1 fully saturated rings. The van der Waals surface area contributed by atoms with Gasteiger partial charge in [0.2, 0.25) is 0 Å². The minimum atomic E-state index is 0.148. The van der Waals surface area contributed by atoms with Crippen LogP contribution in [0.25, 0.3) is 0 Å². The van der Waals surface area contributed by atoms with E-state index >= 15 is 0 Å². The first-order valence-corrected chi connectivity index (χ1v) is 8.94. The molecule has 3 rings (SSSR count). The van der Waals surface area contributed by atoms with E-state index in [9.17, 15) is 0 Å². The third-order valence-corrected chi connectivity index (χ3v) is 5.89. The highest BCUT2D eigenvalue weighted by Gasteiger charge is 2.41. The molecule has 1 unspecified atom stereocenters. The molecule has 0 aromatic heterocycles. The number of halogens is 1. The average molecular weight is 307 g/mol. The van der Waals surface area contributed by atoms with Crippen LogP contribution in [0.3, 0.4) is 0 Å². The second-order valence-corrected chi connectivity index (χ2v) is 7.79. The first-order chi connectivity index (χ1) is 10.1. The van der Waals surface area contributed by atoms with Crippen LogP contribution in [0.15, 0.2) is 18.2 Å². The topological polar surface area (TPSA) is 9.23 Å². The molecule has 1 saturated carbocycles. The summed E-state index contributed by atoms with van der Waals surface area (Å²) in [5, 5.41) is 0.148. The molecule has 1 aliphatic carbocycles. The molecule has 1 aromatic carbocycles. The molecular weight excluding hydrogens is 280 g/mol. The van der Waals surface area contributed by atoms with Crippen molar-refractivity contribution in [3.8, 4) is 5.75 Å². The molecular formula is C19H27ClO. The zero-order chi connectivity index (χ0) is 14.9. The summed E-state index contributed by atoms with van der Waals surface area (Å²) in [5.74, 6) is 1.78. The number of ether oxygens (including phenoxy) is 1. The van der Waals surface area contributed by atoms with Crippen molar-refractivity contribution in [1.82, 2.24) is 0 Å². The van der Waals surface area contributed by atoms with E-state index in [-0.39, 0.29) is 5.38 Å². The largest absolute Gasteiger partial charge is 0.493 e. The van der Waals surface area contributed by atoms with Crippen molar-refractivity contribution in [2.75, 3.05) is 6.61 Å². The Morgan fingerprint density at radius 1 is 1.19 bits per heavy atom. The Hall–Kier alpha value is -0.690. The van der Waals surface area contributed by atoms with Crippen molar-refractivity contribution < 1.29 is 4.74 Å². The van der Waals surface area contributed by atoms with E-state index in [0.29, 0.717) is 11.3 Å². The average Bonchev–Trinajstić information content (AvgIpc) is 2.95. The van der Waals surface area contributed by atoms with Crippen molar-refractivity contribution in [2.45, 2.75) is 64.2 Å². The Morgan fingerprint density at radius 3 is 2.67 bits per heavy atom. The molecule has 1 nitrogen and oxygen atoms in total. The minimum absolute atomic E-state index is 0.148. The fourth-order valence-corrected chi connectivity index (χ4v) is 4.79. The van der Waals surface area contributed by atoms with Crippen molar-refractivity contribution in [3.05, 3.63) is 29.3 Å². The van der Waals surface area contributed by atoms with Crippen LogP contribution in [0.1, 0.15) is 68.9 Å². The number of fused-ring (bicyclic) bond motifs is 1. The molecule has 116 valence electrons. The molecule has 1 heterocycles. The van der Waals surface area contributed by atoms with Crippen molar-refractivity contribution in [1.29, 1.82) is 0 Å². The van der Waals surface area contributed by atoms with Gasteiger partial charge < -0.3 is 4.74 Å². The summed E-state index contributed by atoms with van der Waals surface area (Å²) >= 11 is 7.02. The Balaban J connectivity index is 1.87. The van der Waals surface area contributed by atoms with Crippen LogP contribution in [-0.4, -0.2) is 6.61 Å². The maximum atomic E-state index is 7.02. The molecule has 0 amide bonds. The van der Waals surface area contributed by atoms with E-state index in [4.69, 9.17) is 16.3 Å². The van der Waals surface area contributed by atoms with Gasteiger partial charge in [-0.3, -0.25) is 0 Å². The minimum Gasteiger partial charge on any atom is -0.493 e. The molecule has 0 bridgehead atoms. The van der Waals surface area contributed by atoms with Crippen molar-refractivity contribution in [3.63, 3.8) is 0 Å². The second-order valence-electron chi connectivity index (χ2n) is 7.35. The lowest BCUT2D eigenvalue weighted by atomic mass is 9.73. The summed E-state index contributed by atoms with van der Waals surface area (Å²) in [7, 11) is 0. The van der Waals surface area contributed by atoms with Gasteiger partial charge in [-0.15, -0.1) is 11.6 Å². The molecule has 1 aliphatic heterocycles. The van der Waals surface area contributed by atoms with Gasteiger partial charge in [0.1, 0.15) is 5.75 Å². The van der Waals surface area contributed by atoms with Gasteiger partial charge in [-0.1, -0.05) is 38.8 Å². The van der Waals surface area contributed by atoms with Crippen molar-refractivity contribution >= 4 is 11.6 Å². The Morgan fingerprint density at radius 2 is 1.95 bits per heavy atom. The SMILES string of the molecule is CC(C)CC1(C(Cl)c2ccc3c(c2)CCCO3)CCCC1. The number of hydrogen-bond acceptors (Lipinski definition) is 1. The van der Waals surface area contributed by atoms with Crippen LogP contribution in [0.4, 0.5) is 0 Å². The third-order valence-electron chi connectivity index (χ3n) is 5.18. The lowest BCUT2D eigenvalue weighted by molar-refractivity contribution is 0.223. The molecule has 0 saturated heterocycles. The lowest BCUT2D eigenvalue weighted by Crippen LogP contribution is -2.25. The number of rotatable bonds is 4. The summed E-state index contributed by atoms with van der Waals surface area (Å²) in [6, 6.07) is 6.64. The third kappa shape index (κ3) is 3.08. The molecule has 1 atom stereocenters. The lowest BCUT2D eigenvalue weighted by Gasteiger charge is -2.36. The maximum absolute atomic E-state index is 7.02.